The number of piperidine rings is 1. The van der Waals surface area contributed by atoms with E-state index in [1.807, 2.05) is 0 Å². The topological polar surface area (TPSA) is 15.3 Å². The lowest BCUT2D eigenvalue weighted by Gasteiger charge is -2.48. The first-order valence-electron chi connectivity index (χ1n) is 8.13. The van der Waals surface area contributed by atoms with E-state index in [9.17, 15) is 0 Å². The third-order valence-corrected chi connectivity index (χ3v) is 5.27. The van der Waals surface area contributed by atoms with Crippen molar-refractivity contribution >= 4 is 0 Å². The van der Waals surface area contributed by atoms with Gasteiger partial charge in [-0.25, -0.2) is 0 Å². The molecule has 2 nitrogen and oxygen atoms in total. The lowest BCUT2D eigenvalue weighted by Crippen LogP contribution is -2.59. The smallest absolute Gasteiger partial charge is 0.0306 e. The fourth-order valence-electron chi connectivity index (χ4n) is 3.62. The summed E-state index contributed by atoms with van der Waals surface area (Å²) in [5.41, 5.74) is 0.325. The lowest BCUT2D eigenvalue weighted by atomic mass is 9.76. The van der Waals surface area contributed by atoms with Crippen LogP contribution in [0.5, 0.6) is 0 Å². The van der Waals surface area contributed by atoms with Gasteiger partial charge in [0.25, 0.3) is 0 Å². The Kier molecular flexibility index (Phi) is 5.08. The molecule has 1 heterocycles. The zero-order chi connectivity index (χ0) is 13.0. The summed E-state index contributed by atoms with van der Waals surface area (Å²) in [6.45, 7) is 10.9. The molecule has 1 saturated heterocycles. The fraction of sp³-hybridized carbons (Fsp3) is 1.00. The average molecular weight is 252 g/mol. The van der Waals surface area contributed by atoms with Crippen LogP contribution in [-0.4, -0.2) is 36.1 Å². The van der Waals surface area contributed by atoms with Gasteiger partial charge in [0.15, 0.2) is 0 Å². The second kappa shape index (κ2) is 6.38. The Morgan fingerprint density at radius 2 is 1.78 bits per heavy atom. The van der Waals surface area contributed by atoms with Crippen LogP contribution >= 0.6 is 0 Å². The molecule has 18 heavy (non-hydrogen) atoms. The SMILES string of the molecule is CCNC(CC1CCC1)C(C)(C)N1CCCCC1. The van der Waals surface area contributed by atoms with Gasteiger partial charge in [-0.15, -0.1) is 0 Å². The van der Waals surface area contributed by atoms with Crippen LogP contribution in [0.25, 0.3) is 0 Å². The van der Waals surface area contributed by atoms with Crippen LogP contribution in [0.3, 0.4) is 0 Å². The monoisotopic (exact) mass is 252 g/mol. The predicted molar refractivity (Wildman–Crippen MR) is 78.9 cm³/mol. The van der Waals surface area contributed by atoms with Crippen LogP contribution in [0.4, 0.5) is 0 Å². The van der Waals surface area contributed by atoms with Crippen molar-refractivity contribution < 1.29 is 0 Å². The van der Waals surface area contributed by atoms with E-state index in [4.69, 9.17) is 0 Å². The van der Waals surface area contributed by atoms with Crippen LogP contribution in [-0.2, 0) is 0 Å². The highest BCUT2D eigenvalue weighted by Crippen LogP contribution is 2.35. The highest BCUT2D eigenvalue weighted by atomic mass is 15.2. The molecule has 2 aliphatic rings. The van der Waals surface area contributed by atoms with Gasteiger partial charge in [0.05, 0.1) is 0 Å². The van der Waals surface area contributed by atoms with Crippen LogP contribution in [0.2, 0.25) is 0 Å². The molecule has 0 amide bonds. The van der Waals surface area contributed by atoms with Crippen LogP contribution in [0.15, 0.2) is 0 Å². The van der Waals surface area contributed by atoms with Crippen molar-refractivity contribution in [2.45, 2.75) is 77.3 Å². The maximum absolute atomic E-state index is 3.78. The fourth-order valence-corrected chi connectivity index (χ4v) is 3.62. The summed E-state index contributed by atoms with van der Waals surface area (Å²) in [7, 11) is 0. The molecular formula is C16H32N2. The summed E-state index contributed by atoms with van der Waals surface area (Å²) in [4.78, 5) is 2.74. The van der Waals surface area contributed by atoms with Crippen LogP contribution in [0, 0.1) is 5.92 Å². The van der Waals surface area contributed by atoms with E-state index in [1.54, 1.807) is 0 Å². The molecule has 106 valence electrons. The zero-order valence-corrected chi connectivity index (χ0v) is 12.7. The highest BCUT2D eigenvalue weighted by Gasteiger charge is 2.37. The van der Waals surface area contributed by atoms with Gasteiger partial charge in [-0.1, -0.05) is 32.6 Å². The minimum absolute atomic E-state index is 0.325. The Balaban J connectivity index is 1.96. The van der Waals surface area contributed by atoms with Crippen molar-refractivity contribution in [3.05, 3.63) is 0 Å². The van der Waals surface area contributed by atoms with E-state index in [0.29, 0.717) is 11.6 Å². The largest absolute Gasteiger partial charge is 0.312 e. The number of rotatable bonds is 6. The average Bonchev–Trinajstić information content (AvgIpc) is 2.33. The molecule has 1 aliphatic heterocycles. The maximum Gasteiger partial charge on any atom is 0.0306 e. The minimum Gasteiger partial charge on any atom is -0.312 e. The molecular weight excluding hydrogens is 220 g/mol. The number of hydrogen-bond acceptors (Lipinski definition) is 2. The summed E-state index contributed by atoms with van der Waals surface area (Å²) in [5, 5.41) is 3.78. The first-order valence-corrected chi connectivity index (χ1v) is 8.13. The normalized spacial score (nSPS) is 24.8. The van der Waals surface area contributed by atoms with Crippen LogP contribution in [0.1, 0.15) is 65.7 Å². The summed E-state index contributed by atoms with van der Waals surface area (Å²) in [6, 6.07) is 0.672. The molecule has 1 aliphatic carbocycles. The van der Waals surface area contributed by atoms with Crippen molar-refractivity contribution in [1.29, 1.82) is 0 Å². The van der Waals surface area contributed by atoms with Gasteiger partial charge < -0.3 is 5.32 Å². The minimum atomic E-state index is 0.325. The molecule has 2 fully saturated rings. The third-order valence-electron chi connectivity index (χ3n) is 5.27. The molecule has 0 aromatic rings. The van der Waals surface area contributed by atoms with Gasteiger partial charge >= 0.3 is 0 Å². The number of likely N-dealkylation sites (tertiary alicyclic amines) is 1. The standard InChI is InChI=1S/C16H32N2/c1-4-17-15(13-14-9-8-10-14)16(2,3)18-11-6-5-7-12-18/h14-15,17H,4-13H2,1-3H3. The molecule has 1 atom stereocenters. The molecule has 2 heteroatoms. The van der Waals surface area contributed by atoms with Crippen molar-refractivity contribution in [2.75, 3.05) is 19.6 Å². The van der Waals surface area contributed by atoms with Crippen molar-refractivity contribution in [1.82, 2.24) is 10.2 Å². The van der Waals surface area contributed by atoms with Gasteiger partial charge in [0.2, 0.25) is 0 Å². The Hall–Kier alpha value is -0.0800. The maximum atomic E-state index is 3.78. The zero-order valence-electron chi connectivity index (χ0n) is 12.7. The van der Waals surface area contributed by atoms with Gasteiger partial charge in [-0.05, 0) is 58.7 Å². The van der Waals surface area contributed by atoms with Gasteiger partial charge in [-0.2, -0.15) is 0 Å². The van der Waals surface area contributed by atoms with E-state index in [2.05, 4.69) is 31.0 Å². The number of likely N-dealkylation sites (N-methyl/N-ethyl adjacent to an activating group) is 1. The molecule has 0 radical (unpaired) electrons. The molecule has 0 spiro atoms. The van der Waals surface area contributed by atoms with E-state index in [1.165, 1.54) is 58.0 Å². The second-order valence-electron chi connectivity index (χ2n) is 6.84. The summed E-state index contributed by atoms with van der Waals surface area (Å²) in [6.07, 6.45) is 10.0. The third kappa shape index (κ3) is 3.27. The van der Waals surface area contributed by atoms with Gasteiger partial charge in [0.1, 0.15) is 0 Å². The molecule has 0 aromatic carbocycles. The van der Waals surface area contributed by atoms with Gasteiger partial charge in [-0.3, -0.25) is 4.90 Å². The van der Waals surface area contributed by atoms with Crippen molar-refractivity contribution in [3.8, 4) is 0 Å². The number of nitrogens with zero attached hydrogens (tertiary/aromatic N) is 1. The van der Waals surface area contributed by atoms with E-state index in [-0.39, 0.29) is 0 Å². The Bertz CT molecular complexity index is 239. The van der Waals surface area contributed by atoms with Gasteiger partial charge in [0, 0.05) is 11.6 Å². The Morgan fingerprint density at radius 1 is 1.11 bits per heavy atom. The van der Waals surface area contributed by atoms with Crippen molar-refractivity contribution in [3.63, 3.8) is 0 Å². The molecule has 0 aromatic heterocycles. The van der Waals surface area contributed by atoms with E-state index in [0.717, 1.165) is 12.5 Å². The highest BCUT2D eigenvalue weighted by molar-refractivity contribution is 4.96. The Morgan fingerprint density at radius 3 is 2.28 bits per heavy atom. The number of nitrogens with one attached hydrogen (secondary N) is 1. The predicted octanol–water partition coefficient (Wildman–Crippen LogP) is 3.42. The van der Waals surface area contributed by atoms with Crippen molar-refractivity contribution in [2.24, 2.45) is 5.92 Å². The van der Waals surface area contributed by atoms with E-state index < -0.39 is 0 Å². The number of hydrogen-bond donors (Lipinski definition) is 1. The molecule has 1 N–H and O–H groups in total. The summed E-state index contributed by atoms with van der Waals surface area (Å²) < 4.78 is 0. The second-order valence-corrected chi connectivity index (χ2v) is 6.84. The van der Waals surface area contributed by atoms with E-state index >= 15 is 0 Å². The molecule has 2 rings (SSSR count). The quantitative estimate of drug-likeness (QED) is 0.779. The summed E-state index contributed by atoms with van der Waals surface area (Å²) >= 11 is 0. The first kappa shape index (κ1) is 14.3. The Labute approximate surface area is 114 Å². The molecule has 1 saturated carbocycles. The first-order chi connectivity index (χ1) is 8.64. The lowest BCUT2D eigenvalue weighted by molar-refractivity contribution is 0.0474. The van der Waals surface area contributed by atoms with Crippen LogP contribution < -0.4 is 5.32 Å². The summed E-state index contributed by atoms with van der Waals surface area (Å²) in [5.74, 6) is 0.998. The molecule has 0 bridgehead atoms. The molecule has 1 unspecified atom stereocenters.